The van der Waals surface area contributed by atoms with Crippen LogP contribution in [0.4, 0.5) is 5.69 Å². The first-order valence-electron chi connectivity index (χ1n) is 11.6. The Kier molecular flexibility index (Phi) is 7.99. The van der Waals surface area contributed by atoms with Crippen LogP contribution < -0.4 is 4.90 Å². The third kappa shape index (κ3) is 5.41. The van der Waals surface area contributed by atoms with Crippen LogP contribution in [0.1, 0.15) is 63.2 Å². The Labute approximate surface area is 188 Å². The molecular formula is C23H38N4O3S. The van der Waals surface area contributed by atoms with Crippen molar-refractivity contribution in [2.24, 2.45) is 0 Å². The van der Waals surface area contributed by atoms with E-state index in [0.29, 0.717) is 37.8 Å². The third-order valence-corrected chi connectivity index (χ3v) is 8.76. The monoisotopic (exact) mass is 450 g/mol. The van der Waals surface area contributed by atoms with Gasteiger partial charge >= 0.3 is 0 Å². The quantitative estimate of drug-likeness (QED) is 0.640. The standard InChI is InChI=1S/C23H38N4O3S/c1-5-27(19(2)3)22-13-11-20(12-14-22)23(28)25-15-17-26(18-16-25)31(29,30)24(4)21-9-7-6-8-10-21/h11-14,19,21H,5-10,15-18H2,1-4H3. The minimum absolute atomic E-state index is 0.0307. The van der Waals surface area contributed by atoms with Gasteiger partial charge in [0, 0.05) is 63.1 Å². The summed E-state index contributed by atoms with van der Waals surface area (Å²) in [6.45, 7) is 8.88. The van der Waals surface area contributed by atoms with Gasteiger partial charge in [-0.25, -0.2) is 0 Å². The number of anilines is 1. The van der Waals surface area contributed by atoms with E-state index < -0.39 is 10.2 Å². The number of benzene rings is 1. The van der Waals surface area contributed by atoms with Gasteiger partial charge in [0.05, 0.1) is 0 Å². The Morgan fingerprint density at radius 1 is 1.03 bits per heavy atom. The first-order valence-corrected chi connectivity index (χ1v) is 13.0. The van der Waals surface area contributed by atoms with Crippen molar-refractivity contribution in [3.63, 3.8) is 0 Å². The highest BCUT2D eigenvalue weighted by atomic mass is 32.2. The van der Waals surface area contributed by atoms with Crippen LogP contribution in [0.5, 0.6) is 0 Å². The second-order valence-corrected chi connectivity index (χ2v) is 10.9. The molecule has 0 N–H and O–H groups in total. The summed E-state index contributed by atoms with van der Waals surface area (Å²) in [6.07, 6.45) is 5.27. The van der Waals surface area contributed by atoms with Crippen molar-refractivity contribution >= 4 is 21.8 Å². The molecule has 2 fully saturated rings. The van der Waals surface area contributed by atoms with Gasteiger partial charge in [0.15, 0.2) is 0 Å². The maximum absolute atomic E-state index is 13.1. The number of rotatable bonds is 7. The molecule has 0 radical (unpaired) electrons. The Morgan fingerprint density at radius 3 is 2.13 bits per heavy atom. The van der Waals surface area contributed by atoms with Crippen molar-refractivity contribution in [1.82, 2.24) is 13.5 Å². The number of carbonyl (C=O) groups excluding carboxylic acids is 1. The Balaban J connectivity index is 1.59. The highest BCUT2D eigenvalue weighted by molar-refractivity contribution is 7.86. The minimum Gasteiger partial charge on any atom is -0.369 e. The van der Waals surface area contributed by atoms with Crippen molar-refractivity contribution in [2.75, 3.05) is 44.7 Å². The summed E-state index contributed by atoms with van der Waals surface area (Å²) in [7, 11) is -1.77. The predicted octanol–water partition coefficient (Wildman–Crippen LogP) is 3.19. The fourth-order valence-electron chi connectivity index (χ4n) is 4.76. The Hall–Kier alpha value is -1.64. The third-order valence-electron chi connectivity index (χ3n) is 6.71. The number of hydrogen-bond donors (Lipinski definition) is 0. The normalized spacial score (nSPS) is 19.2. The van der Waals surface area contributed by atoms with E-state index in [1.54, 1.807) is 16.3 Å². The second-order valence-electron chi connectivity index (χ2n) is 8.93. The summed E-state index contributed by atoms with van der Waals surface area (Å²) in [5.74, 6) is -0.0307. The first kappa shape index (κ1) is 24.0. The number of piperazine rings is 1. The first-order chi connectivity index (χ1) is 14.8. The topological polar surface area (TPSA) is 64.2 Å². The molecule has 1 aromatic carbocycles. The van der Waals surface area contributed by atoms with E-state index in [1.807, 2.05) is 24.3 Å². The number of amides is 1. The lowest BCUT2D eigenvalue weighted by Crippen LogP contribution is -2.55. The maximum atomic E-state index is 13.1. The molecule has 2 aliphatic rings. The molecule has 31 heavy (non-hydrogen) atoms. The fourth-order valence-corrected chi connectivity index (χ4v) is 6.34. The summed E-state index contributed by atoms with van der Waals surface area (Å²) in [5.41, 5.74) is 1.76. The van der Waals surface area contributed by atoms with Crippen molar-refractivity contribution in [2.45, 2.75) is 65.0 Å². The zero-order valence-corrected chi connectivity index (χ0v) is 20.3. The molecule has 1 heterocycles. The molecule has 1 aromatic rings. The van der Waals surface area contributed by atoms with Crippen LogP contribution in [0, 0.1) is 0 Å². The van der Waals surface area contributed by atoms with Crippen molar-refractivity contribution in [1.29, 1.82) is 0 Å². The van der Waals surface area contributed by atoms with Crippen LogP contribution in [0.15, 0.2) is 24.3 Å². The summed E-state index contributed by atoms with van der Waals surface area (Å²) < 4.78 is 29.2. The molecule has 0 bridgehead atoms. The second kappa shape index (κ2) is 10.3. The summed E-state index contributed by atoms with van der Waals surface area (Å²) in [4.78, 5) is 17.0. The molecule has 174 valence electrons. The molecule has 0 spiro atoms. The van der Waals surface area contributed by atoms with Crippen LogP contribution in [0.2, 0.25) is 0 Å². The van der Waals surface area contributed by atoms with Gasteiger partial charge in [-0.1, -0.05) is 19.3 Å². The Bertz CT molecular complexity index is 827. The van der Waals surface area contributed by atoms with Gasteiger partial charge in [0.2, 0.25) is 0 Å². The van der Waals surface area contributed by atoms with E-state index in [2.05, 4.69) is 25.7 Å². The van der Waals surface area contributed by atoms with Crippen LogP contribution in [-0.4, -0.2) is 79.7 Å². The highest BCUT2D eigenvalue weighted by Gasteiger charge is 2.35. The van der Waals surface area contributed by atoms with Crippen molar-refractivity contribution in [3.8, 4) is 0 Å². The van der Waals surface area contributed by atoms with E-state index >= 15 is 0 Å². The molecule has 1 aliphatic carbocycles. The van der Waals surface area contributed by atoms with E-state index in [9.17, 15) is 13.2 Å². The lowest BCUT2D eigenvalue weighted by molar-refractivity contribution is 0.0693. The lowest BCUT2D eigenvalue weighted by Gasteiger charge is -2.38. The molecular weight excluding hydrogens is 412 g/mol. The predicted molar refractivity (Wildman–Crippen MR) is 126 cm³/mol. The van der Waals surface area contributed by atoms with E-state index in [4.69, 9.17) is 0 Å². The molecule has 7 nitrogen and oxygen atoms in total. The molecule has 0 unspecified atom stereocenters. The molecule has 0 aromatic heterocycles. The molecule has 1 aliphatic heterocycles. The number of hydrogen-bond acceptors (Lipinski definition) is 4. The van der Waals surface area contributed by atoms with E-state index in [-0.39, 0.29) is 11.9 Å². The summed E-state index contributed by atoms with van der Waals surface area (Å²) in [6, 6.07) is 8.25. The van der Waals surface area contributed by atoms with Gasteiger partial charge in [0.25, 0.3) is 16.1 Å². The fraction of sp³-hybridized carbons (Fsp3) is 0.696. The van der Waals surface area contributed by atoms with Crippen LogP contribution in [0.25, 0.3) is 0 Å². The highest BCUT2D eigenvalue weighted by Crippen LogP contribution is 2.25. The van der Waals surface area contributed by atoms with Gasteiger partial charge in [-0.15, -0.1) is 0 Å². The SMILES string of the molecule is CCN(c1ccc(C(=O)N2CCN(S(=O)(=O)N(C)C3CCCCC3)CC2)cc1)C(C)C. The average Bonchev–Trinajstić information content (AvgIpc) is 2.79. The summed E-state index contributed by atoms with van der Waals surface area (Å²) in [5, 5.41) is 0. The van der Waals surface area contributed by atoms with E-state index in [0.717, 1.165) is 37.9 Å². The molecule has 3 rings (SSSR count). The van der Waals surface area contributed by atoms with Gasteiger partial charge in [-0.3, -0.25) is 4.79 Å². The van der Waals surface area contributed by atoms with Crippen LogP contribution in [-0.2, 0) is 10.2 Å². The molecule has 1 amide bonds. The van der Waals surface area contributed by atoms with Gasteiger partial charge < -0.3 is 9.80 Å². The largest absolute Gasteiger partial charge is 0.369 e. The maximum Gasteiger partial charge on any atom is 0.282 e. The van der Waals surface area contributed by atoms with Crippen molar-refractivity contribution < 1.29 is 13.2 Å². The van der Waals surface area contributed by atoms with E-state index in [1.165, 1.54) is 10.7 Å². The molecule has 1 saturated heterocycles. The average molecular weight is 451 g/mol. The molecule has 8 heteroatoms. The van der Waals surface area contributed by atoms with Crippen molar-refractivity contribution in [3.05, 3.63) is 29.8 Å². The number of carbonyl (C=O) groups is 1. The Morgan fingerprint density at radius 2 is 1.61 bits per heavy atom. The zero-order chi connectivity index (χ0) is 22.6. The van der Waals surface area contributed by atoms with Gasteiger partial charge in [-0.05, 0) is 57.9 Å². The number of nitrogens with zero attached hydrogens (tertiary/aromatic N) is 4. The van der Waals surface area contributed by atoms with Gasteiger partial charge in [-0.2, -0.15) is 17.0 Å². The molecule has 0 atom stereocenters. The summed E-state index contributed by atoms with van der Waals surface area (Å²) >= 11 is 0. The zero-order valence-electron chi connectivity index (χ0n) is 19.5. The lowest BCUT2D eigenvalue weighted by atomic mass is 9.96. The minimum atomic E-state index is -3.48. The smallest absolute Gasteiger partial charge is 0.282 e. The molecule has 1 saturated carbocycles. The van der Waals surface area contributed by atoms with Crippen LogP contribution in [0.3, 0.4) is 0 Å². The van der Waals surface area contributed by atoms with Gasteiger partial charge in [0.1, 0.15) is 0 Å². The van der Waals surface area contributed by atoms with Crippen LogP contribution >= 0.6 is 0 Å².